The van der Waals surface area contributed by atoms with Crippen LogP contribution >= 0.6 is 0 Å². The van der Waals surface area contributed by atoms with Crippen LogP contribution in [0.15, 0.2) is 11.8 Å². The maximum Gasteiger partial charge on any atom is 0.318 e. The Morgan fingerprint density at radius 1 is 1.31 bits per heavy atom. The van der Waals surface area contributed by atoms with Gasteiger partial charge in [0.2, 0.25) is 5.91 Å². The molecule has 5 nitrogen and oxygen atoms in total. The summed E-state index contributed by atoms with van der Waals surface area (Å²) in [6.45, 7) is 2.68. The van der Waals surface area contributed by atoms with E-state index in [2.05, 4.69) is 4.74 Å². The minimum absolute atomic E-state index is 0.122. The van der Waals surface area contributed by atoms with Gasteiger partial charge in [-0.1, -0.05) is 0 Å². The largest absolute Gasteiger partial charge is 0.434 e. The van der Waals surface area contributed by atoms with Gasteiger partial charge in [0, 0.05) is 5.57 Å². The minimum Gasteiger partial charge on any atom is -0.434 e. The van der Waals surface area contributed by atoms with Crippen molar-refractivity contribution in [2.24, 2.45) is 5.73 Å². The van der Waals surface area contributed by atoms with Crippen LogP contribution in [0.1, 0.15) is 20.3 Å². The molecule has 0 aromatic rings. The molecule has 0 rings (SSSR count). The fourth-order valence-corrected chi connectivity index (χ4v) is 0.457. The summed E-state index contributed by atoms with van der Waals surface area (Å²) in [5.41, 5.74) is 4.98. The predicted octanol–water partition coefficient (Wildman–Crippen LogP) is -0.102. The first-order valence-corrected chi connectivity index (χ1v) is 3.59. The third-order valence-electron chi connectivity index (χ3n) is 1.15. The van der Waals surface area contributed by atoms with E-state index in [0.29, 0.717) is 0 Å². The van der Waals surface area contributed by atoms with E-state index in [0.717, 1.165) is 6.26 Å². The van der Waals surface area contributed by atoms with Crippen LogP contribution in [0.5, 0.6) is 0 Å². The summed E-state index contributed by atoms with van der Waals surface area (Å²) in [5.74, 6) is -1.67. The number of hydrogen-bond acceptors (Lipinski definition) is 4. The Hall–Kier alpha value is -1.65. The van der Waals surface area contributed by atoms with Gasteiger partial charge in [-0.05, 0) is 13.8 Å². The van der Waals surface area contributed by atoms with Gasteiger partial charge in [-0.2, -0.15) is 0 Å². The Balaban J connectivity index is 4.02. The first kappa shape index (κ1) is 11.4. The average Bonchev–Trinajstić information content (AvgIpc) is 1.98. The molecule has 0 saturated heterocycles. The second-order valence-corrected chi connectivity index (χ2v) is 2.53. The highest BCUT2D eigenvalue weighted by atomic mass is 16.5. The minimum atomic E-state index is -0.701. The zero-order valence-corrected chi connectivity index (χ0v) is 7.49. The summed E-state index contributed by atoms with van der Waals surface area (Å²) in [6.07, 6.45) is 0.635. The quantitative estimate of drug-likeness (QED) is 0.287. The van der Waals surface area contributed by atoms with Crippen molar-refractivity contribution < 1.29 is 19.1 Å². The van der Waals surface area contributed by atoms with E-state index in [1.165, 1.54) is 13.8 Å². The van der Waals surface area contributed by atoms with Crippen molar-refractivity contribution in [2.45, 2.75) is 20.3 Å². The lowest BCUT2D eigenvalue weighted by Crippen LogP contribution is -2.13. The van der Waals surface area contributed by atoms with Crippen LogP contribution in [0.3, 0.4) is 0 Å². The first-order valence-electron chi connectivity index (χ1n) is 3.59. The number of carbonyl (C=O) groups is 3. The molecule has 0 spiro atoms. The molecule has 0 saturated carbocycles. The van der Waals surface area contributed by atoms with E-state index in [9.17, 15) is 14.4 Å². The van der Waals surface area contributed by atoms with Crippen LogP contribution in [-0.4, -0.2) is 17.7 Å². The van der Waals surface area contributed by atoms with E-state index < -0.39 is 11.9 Å². The van der Waals surface area contributed by atoms with Gasteiger partial charge in [0.05, 0.1) is 0 Å². The van der Waals surface area contributed by atoms with Crippen molar-refractivity contribution in [1.29, 1.82) is 0 Å². The summed E-state index contributed by atoms with van der Waals surface area (Å²) < 4.78 is 4.45. The van der Waals surface area contributed by atoms with E-state index in [4.69, 9.17) is 5.73 Å². The molecular formula is C8H11NO4. The molecule has 1 amide bonds. The molecule has 0 aliphatic rings. The number of Topliss-reactive ketones (excluding diaryl/α,β-unsaturated/α-hetero) is 1. The third kappa shape index (κ3) is 5.60. The van der Waals surface area contributed by atoms with Crippen LogP contribution < -0.4 is 5.73 Å². The van der Waals surface area contributed by atoms with Crippen LogP contribution in [0.2, 0.25) is 0 Å². The standard InChI is InChI=1S/C8H11NO4/c1-5(8(9)12)4-13-7(11)3-6(2)10/h4H,3H2,1-2H3,(H2,9,12). The molecule has 0 heterocycles. The number of amides is 1. The van der Waals surface area contributed by atoms with Crippen LogP contribution in [0.4, 0.5) is 0 Å². The van der Waals surface area contributed by atoms with Gasteiger partial charge in [0.1, 0.15) is 18.5 Å². The van der Waals surface area contributed by atoms with E-state index in [-0.39, 0.29) is 17.8 Å². The molecule has 0 aromatic carbocycles. The molecule has 0 unspecified atom stereocenters. The first-order chi connectivity index (χ1) is 5.93. The van der Waals surface area contributed by atoms with Gasteiger partial charge in [-0.15, -0.1) is 0 Å². The summed E-state index contributed by atoms with van der Waals surface area (Å²) >= 11 is 0. The molecule has 0 atom stereocenters. The van der Waals surface area contributed by atoms with Gasteiger partial charge in [0.25, 0.3) is 0 Å². The van der Waals surface area contributed by atoms with Gasteiger partial charge >= 0.3 is 5.97 Å². The molecule has 2 N–H and O–H groups in total. The number of hydrogen-bond donors (Lipinski definition) is 1. The summed E-state index contributed by atoms with van der Waals surface area (Å²) in [6, 6.07) is 0. The molecule has 0 fully saturated rings. The Morgan fingerprint density at radius 3 is 2.23 bits per heavy atom. The highest BCUT2D eigenvalue weighted by Crippen LogP contribution is 1.94. The molecule has 0 aliphatic heterocycles. The topological polar surface area (TPSA) is 86.5 Å². The average molecular weight is 185 g/mol. The van der Waals surface area contributed by atoms with Crippen molar-refractivity contribution in [3.63, 3.8) is 0 Å². The summed E-state index contributed by atoms with van der Waals surface area (Å²) in [5, 5.41) is 0. The lowest BCUT2D eigenvalue weighted by atomic mass is 10.3. The zero-order chi connectivity index (χ0) is 10.4. The molecule has 0 bridgehead atoms. The van der Waals surface area contributed by atoms with Gasteiger partial charge in [-0.3, -0.25) is 14.4 Å². The summed E-state index contributed by atoms with van der Waals surface area (Å²) in [7, 11) is 0. The Morgan fingerprint density at radius 2 is 1.85 bits per heavy atom. The molecule has 0 aliphatic carbocycles. The van der Waals surface area contributed by atoms with Crippen molar-refractivity contribution >= 4 is 17.7 Å². The second-order valence-electron chi connectivity index (χ2n) is 2.53. The van der Waals surface area contributed by atoms with Crippen molar-refractivity contribution in [3.8, 4) is 0 Å². The van der Waals surface area contributed by atoms with Crippen molar-refractivity contribution in [1.82, 2.24) is 0 Å². The summed E-state index contributed by atoms with van der Waals surface area (Å²) in [4.78, 5) is 31.6. The Bertz CT molecular complexity index is 267. The van der Waals surface area contributed by atoms with Crippen LogP contribution in [0.25, 0.3) is 0 Å². The highest BCUT2D eigenvalue weighted by molar-refractivity contribution is 5.95. The number of esters is 1. The number of primary amides is 1. The van der Waals surface area contributed by atoms with E-state index >= 15 is 0 Å². The maximum absolute atomic E-state index is 10.7. The predicted molar refractivity (Wildman–Crippen MR) is 44.3 cm³/mol. The third-order valence-corrected chi connectivity index (χ3v) is 1.15. The monoisotopic (exact) mass is 185 g/mol. The zero-order valence-electron chi connectivity index (χ0n) is 7.49. The Labute approximate surface area is 75.5 Å². The highest BCUT2D eigenvalue weighted by Gasteiger charge is 2.05. The fraction of sp³-hybridized carbons (Fsp3) is 0.375. The molecule has 72 valence electrons. The molecule has 5 heteroatoms. The molecule has 0 aromatic heterocycles. The van der Waals surface area contributed by atoms with Gasteiger partial charge in [-0.25, -0.2) is 0 Å². The number of nitrogens with two attached hydrogens (primary N) is 1. The number of ketones is 1. The van der Waals surface area contributed by atoms with Crippen molar-refractivity contribution in [3.05, 3.63) is 11.8 Å². The molecule has 0 radical (unpaired) electrons. The normalized spacial score (nSPS) is 10.8. The lowest BCUT2D eigenvalue weighted by molar-refractivity contribution is -0.140. The lowest BCUT2D eigenvalue weighted by Gasteiger charge is -1.97. The number of ether oxygens (including phenoxy) is 1. The van der Waals surface area contributed by atoms with Gasteiger partial charge in [0.15, 0.2) is 0 Å². The number of carbonyl (C=O) groups excluding carboxylic acids is 3. The van der Waals surface area contributed by atoms with Crippen molar-refractivity contribution in [2.75, 3.05) is 0 Å². The number of rotatable bonds is 4. The second kappa shape index (κ2) is 5.08. The Kier molecular flexibility index (Phi) is 4.43. The fourth-order valence-electron chi connectivity index (χ4n) is 0.457. The van der Waals surface area contributed by atoms with E-state index in [1.54, 1.807) is 0 Å². The van der Waals surface area contributed by atoms with Crippen LogP contribution in [0, 0.1) is 0 Å². The maximum atomic E-state index is 10.7. The smallest absolute Gasteiger partial charge is 0.318 e. The SMILES string of the molecule is CC(=O)CC(=O)OC=C(C)C(N)=O. The van der Waals surface area contributed by atoms with Gasteiger partial charge < -0.3 is 10.5 Å². The van der Waals surface area contributed by atoms with E-state index in [1.807, 2.05) is 0 Å². The molecule has 13 heavy (non-hydrogen) atoms. The molecular weight excluding hydrogens is 174 g/mol. The van der Waals surface area contributed by atoms with Crippen LogP contribution in [-0.2, 0) is 19.1 Å².